The molecule has 0 aromatic heterocycles. The Kier molecular flexibility index (Phi) is 64.4. The summed E-state index contributed by atoms with van der Waals surface area (Å²) in [5, 5.41) is 0. The van der Waals surface area contributed by atoms with Gasteiger partial charge >= 0.3 is 11.9 Å². The minimum absolute atomic E-state index is 0.0387. The molecule has 0 N–H and O–H groups in total. The Balaban J connectivity index is 3.96. The molecule has 2 atom stereocenters. The fourth-order valence-corrected chi connectivity index (χ4v) is 11.1. The van der Waals surface area contributed by atoms with E-state index in [1.807, 2.05) is 21.1 Å². The molecule has 0 bridgehead atoms. The Morgan fingerprint density at radius 3 is 1.00 bits per heavy atom. The zero-order chi connectivity index (χ0) is 62.6. The molecule has 0 saturated carbocycles. The molecule has 86 heavy (non-hydrogen) atoms. The molecule has 10 heteroatoms. The molecule has 0 rings (SSSR count). The molecule has 0 aliphatic rings. The minimum Gasteiger partial charge on any atom is -0.756 e. The Labute approximate surface area is 532 Å². The van der Waals surface area contributed by atoms with Crippen LogP contribution in [-0.4, -0.2) is 70.0 Å². The van der Waals surface area contributed by atoms with Gasteiger partial charge in [-0.3, -0.25) is 14.2 Å². The van der Waals surface area contributed by atoms with E-state index in [2.05, 4.69) is 98.9 Å². The number of hydrogen-bond donors (Lipinski definition) is 0. The third-order valence-electron chi connectivity index (χ3n) is 15.9. The van der Waals surface area contributed by atoms with Gasteiger partial charge in [0.15, 0.2) is 6.10 Å². The molecular weight excluding hydrogens is 1090 g/mol. The highest BCUT2D eigenvalue weighted by molar-refractivity contribution is 7.45. The van der Waals surface area contributed by atoms with Crippen LogP contribution in [0.1, 0.15) is 335 Å². The Hall–Kier alpha value is -2.81. The lowest BCUT2D eigenvalue weighted by Gasteiger charge is -2.28. The van der Waals surface area contributed by atoms with E-state index in [0.29, 0.717) is 17.4 Å². The fourth-order valence-electron chi connectivity index (χ4n) is 10.4. The van der Waals surface area contributed by atoms with E-state index in [-0.39, 0.29) is 32.0 Å². The Morgan fingerprint density at radius 1 is 0.372 bits per heavy atom. The van der Waals surface area contributed by atoms with E-state index >= 15 is 0 Å². The second kappa shape index (κ2) is 66.6. The van der Waals surface area contributed by atoms with Crippen molar-refractivity contribution in [1.29, 1.82) is 0 Å². The number of carbonyl (C=O) groups is 2. The van der Waals surface area contributed by atoms with Crippen LogP contribution < -0.4 is 4.89 Å². The van der Waals surface area contributed by atoms with E-state index in [4.69, 9.17) is 18.5 Å². The van der Waals surface area contributed by atoms with Gasteiger partial charge in [0.2, 0.25) is 0 Å². The molecule has 2 unspecified atom stereocenters. The minimum atomic E-state index is -4.65. The van der Waals surface area contributed by atoms with Gasteiger partial charge < -0.3 is 27.9 Å². The van der Waals surface area contributed by atoms with Crippen LogP contribution in [0.4, 0.5) is 0 Å². The normalized spacial score (nSPS) is 13.6. The number of nitrogens with zero attached hydrogens (tertiary/aromatic N) is 1. The van der Waals surface area contributed by atoms with E-state index in [0.717, 1.165) is 83.5 Å². The van der Waals surface area contributed by atoms with Crippen LogP contribution in [0.25, 0.3) is 0 Å². The topological polar surface area (TPSA) is 111 Å². The van der Waals surface area contributed by atoms with E-state index in [1.54, 1.807) is 0 Å². The predicted octanol–water partition coefficient (Wildman–Crippen LogP) is 23.1. The zero-order valence-corrected chi connectivity index (χ0v) is 57.9. The van der Waals surface area contributed by atoms with Crippen molar-refractivity contribution in [3.63, 3.8) is 0 Å². The first-order valence-corrected chi connectivity index (χ1v) is 37.8. The van der Waals surface area contributed by atoms with Crippen LogP contribution in [-0.2, 0) is 32.7 Å². The summed E-state index contributed by atoms with van der Waals surface area (Å²) in [5.41, 5.74) is 0. The monoisotopic (exact) mass is 1220 g/mol. The largest absolute Gasteiger partial charge is 0.756 e. The summed E-state index contributed by atoms with van der Waals surface area (Å²) < 4.78 is 34.3. The molecular formula is C76H138NO8P. The quantitative estimate of drug-likeness (QED) is 0.0195. The third-order valence-corrected chi connectivity index (χ3v) is 16.9. The van der Waals surface area contributed by atoms with Gasteiger partial charge in [0.25, 0.3) is 7.82 Å². The van der Waals surface area contributed by atoms with E-state index in [1.165, 1.54) is 218 Å². The Morgan fingerprint density at radius 2 is 0.663 bits per heavy atom. The lowest BCUT2D eigenvalue weighted by molar-refractivity contribution is -0.870. The number of phosphoric ester groups is 1. The molecule has 0 aliphatic carbocycles. The molecule has 0 saturated heterocycles. The molecule has 0 spiro atoms. The molecule has 0 amide bonds. The van der Waals surface area contributed by atoms with Crippen molar-refractivity contribution >= 4 is 19.8 Å². The molecule has 9 nitrogen and oxygen atoms in total. The van der Waals surface area contributed by atoms with Crippen molar-refractivity contribution in [2.75, 3.05) is 47.5 Å². The van der Waals surface area contributed by atoms with Crippen LogP contribution in [0.3, 0.4) is 0 Å². The number of rotatable bonds is 67. The first-order valence-electron chi connectivity index (χ1n) is 36.3. The standard InChI is InChI=1S/C76H138NO8P/c1-6-8-10-12-14-16-18-20-22-24-26-28-30-31-32-33-34-35-36-37-38-39-40-41-42-43-44-45-47-48-50-52-54-56-58-60-62-64-66-68-75(78)82-72-74(73-84-86(80,81)83-71-70-77(3,4)5)85-76(79)69-67-65-63-61-59-57-55-53-51-49-46-29-27-25-23-21-19-17-15-13-11-9-7-2/h9,11,15,17,21,23-24,26-27,29,49,51,55,57,74H,6-8,10,12-14,16,18-20,22,25,28,30-48,50,52-54,56,58-73H2,1-5H3/b11-9-,17-15-,23-21-,26-24-,29-27-,51-49-,57-55-. The lowest BCUT2D eigenvalue weighted by atomic mass is 10.0. The number of ether oxygens (including phenoxy) is 2. The first-order chi connectivity index (χ1) is 42.0. The van der Waals surface area contributed by atoms with Crippen LogP contribution in [0.15, 0.2) is 85.1 Å². The number of likely N-dealkylation sites (N-methyl/N-ethyl adjacent to an activating group) is 1. The van der Waals surface area contributed by atoms with Crippen molar-refractivity contribution in [2.45, 2.75) is 341 Å². The number of carbonyl (C=O) groups excluding carboxylic acids is 2. The number of unbranched alkanes of at least 4 members (excludes halogenated alkanes) is 39. The van der Waals surface area contributed by atoms with Crippen molar-refractivity contribution < 1.29 is 42.1 Å². The van der Waals surface area contributed by atoms with Gasteiger partial charge in [0, 0.05) is 12.8 Å². The smallest absolute Gasteiger partial charge is 0.306 e. The van der Waals surface area contributed by atoms with E-state index < -0.39 is 26.5 Å². The Bertz CT molecular complexity index is 1730. The number of quaternary nitrogens is 1. The predicted molar refractivity (Wildman–Crippen MR) is 369 cm³/mol. The molecule has 500 valence electrons. The molecule has 0 heterocycles. The first kappa shape index (κ1) is 83.2. The van der Waals surface area contributed by atoms with Crippen molar-refractivity contribution in [2.24, 2.45) is 0 Å². The summed E-state index contributed by atoms with van der Waals surface area (Å²) in [6.45, 7) is 4.13. The van der Waals surface area contributed by atoms with E-state index in [9.17, 15) is 19.0 Å². The van der Waals surface area contributed by atoms with Crippen molar-refractivity contribution in [3.05, 3.63) is 85.1 Å². The maximum Gasteiger partial charge on any atom is 0.306 e. The highest BCUT2D eigenvalue weighted by Gasteiger charge is 2.22. The molecule has 0 fully saturated rings. The average Bonchev–Trinajstić information content (AvgIpc) is 3.56. The van der Waals surface area contributed by atoms with Gasteiger partial charge in [-0.15, -0.1) is 0 Å². The van der Waals surface area contributed by atoms with Crippen molar-refractivity contribution in [1.82, 2.24) is 0 Å². The second-order valence-corrected chi connectivity index (χ2v) is 27.0. The van der Waals surface area contributed by atoms with Gasteiger partial charge in [-0.2, -0.15) is 0 Å². The summed E-state index contributed by atoms with van der Waals surface area (Å²) in [4.78, 5) is 38.0. The highest BCUT2D eigenvalue weighted by atomic mass is 31.2. The number of allylic oxidation sites excluding steroid dienone is 14. The zero-order valence-electron chi connectivity index (χ0n) is 57.0. The summed E-state index contributed by atoms with van der Waals surface area (Å²) in [6, 6.07) is 0. The number of phosphoric acid groups is 1. The van der Waals surface area contributed by atoms with Gasteiger partial charge in [0.1, 0.15) is 19.8 Å². The second-order valence-electron chi connectivity index (χ2n) is 25.6. The molecule has 0 aromatic carbocycles. The summed E-state index contributed by atoms with van der Waals surface area (Å²) in [6.07, 6.45) is 91.3. The molecule has 0 aromatic rings. The maximum atomic E-state index is 12.8. The van der Waals surface area contributed by atoms with Crippen LogP contribution >= 0.6 is 7.82 Å². The number of esters is 2. The van der Waals surface area contributed by atoms with Gasteiger partial charge in [-0.1, -0.05) is 317 Å². The lowest BCUT2D eigenvalue weighted by Crippen LogP contribution is -2.37. The third kappa shape index (κ3) is 70.3. The molecule has 0 radical (unpaired) electrons. The summed E-state index contributed by atoms with van der Waals surface area (Å²) in [5.74, 6) is -0.854. The average molecular weight is 1220 g/mol. The van der Waals surface area contributed by atoms with Gasteiger partial charge in [-0.05, 0) is 89.9 Å². The maximum absolute atomic E-state index is 12.8. The number of hydrogen-bond acceptors (Lipinski definition) is 8. The summed E-state index contributed by atoms with van der Waals surface area (Å²) in [7, 11) is 1.15. The van der Waals surface area contributed by atoms with Gasteiger partial charge in [-0.25, -0.2) is 0 Å². The van der Waals surface area contributed by atoms with Crippen molar-refractivity contribution in [3.8, 4) is 0 Å². The summed E-state index contributed by atoms with van der Waals surface area (Å²) >= 11 is 0. The molecule has 0 aliphatic heterocycles. The van der Waals surface area contributed by atoms with Crippen LogP contribution in [0.2, 0.25) is 0 Å². The van der Waals surface area contributed by atoms with Crippen LogP contribution in [0.5, 0.6) is 0 Å². The SMILES string of the molecule is CC/C=C\C/C=C\C/C=C\C/C=C\C/C=C\C/C=C\CCCCCCC(=O)OC(COC(=O)CCCCCCCCCCCCCCCCCCCCCCCCCCCCC/C=C\CCCCCCCCCC)COP(=O)([O-])OCC[N+](C)(C)C. The fraction of sp³-hybridized carbons (Fsp3) is 0.789. The van der Waals surface area contributed by atoms with Gasteiger partial charge in [0.05, 0.1) is 27.7 Å². The van der Waals surface area contributed by atoms with Crippen LogP contribution in [0, 0.1) is 0 Å². The highest BCUT2D eigenvalue weighted by Crippen LogP contribution is 2.38.